The summed E-state index contributed by atoms with van der Waals surface area (Å²) in [5.41, 5.74) is 1.36. The van der Waals surface area contributed by atoms with Gasteiger partial charge in [0.15, 0.2) is 11.6 Å². The van der Waals surface area contributed by atoms with E-state index in [1.54, 1.807) is 0 Å². The fourth-order valence-electron chi connectivity index (χ4n) is 3.88. The molecule has 0 spiro atoms. The second-order valence-corrected chi connectivity index (χ2v) is 7.62. The number of halogens is 2. The van der Waals surface area contributed by atoms with Crippen LogP contribution in [0.5, 0.6) is 0 Å². The zero-order chi connectivity index (χ0) is 21.1. The van der Waals surface area contributed by atoms with Crippen LogP contribution in [0, 0.1) is 11.6 Å². The van der Waals surface area contributed by atoms with Crippen LogP contribution in [-0.2, 0) is 16.1 Å². The molecule has 6 heteroatoms. The molecular formula is C24H24F2N2O2. The maximum atomic E-state index is 14.0. The number of carbonyl (C=O) groups excluding carboxylic acids is 1. The van der Waals surface area contributed by atoms with E-state index in [4.69, 9.17) is 4.74 Å². The smallest absolute Gasteiger partial charge is 0.248 e. The number of hydrogen-bond donors (Lipinski definition) is 1. The summed E-state index contributed by atoms with van der Waals surface area (Å²) in [6, 6.07) is 18.6. The van der Waals surface area contributed by atoms with Crippen molar-refractivity contribution in [1.82, 2.24) is 10.2 Å². The van der Waals surface area contributed by atoms with E-state index in [0.717, 1.165) is 6.07 Å². The topological polar surface area (TPSA) is 41.6 Å². The first kappa shape index (κ1) is 20.4. The maximum absolute atomic E-state index is 14.0. The number of ether oxygens (including phenoxy) is 1. The van der Waals surface area contributed by atoms with Gasteiger partial charge in [0.1, 0.15) is 6.61 Å². The average molecular weight is 410 g/mol. The number of morpholine rings is 1. The molecule has 0 radical (unpaired) electrons. The van der Waals surface area contributed by atoms with Crippen LogP contribution >= 0.6 is 0 Å². The number of carbonyl (C=O) groups is 1. The summed E-state index contributed by atoms with van der Waals surface area (Å²) in [7, 11) is 0. The summed E-state index contributed by atoms with van der Waals surface area (Å²) in [5.74, 6) is -2.04. The van der Waals surface area contributed by atoms with Crippen molar-refractivity contribution >= 4 is 16.7 Å². The van der Waals surface area contributed by atoms with Gasteiger partial charge in [-0.3, -0.25) is 4.79 Å². The van der Waals surface area contributed by atoms with Crippen LogP contribution in [0.15, 0.2) is 60.7 Å². The van der Waals surface area contributed by atoms with Crippen LogP contribution in [0.3, 0.4) is 0 Å². The Hall–Kier alpha value is -2.83. The lowest BCUT2D eigenvalue weighted by atomic mass is 9.99. The molecule has 1 heterocycles. The van der Waals surface area contributed by atoms with E-state index in [1.165, 1.54) is 33.4 Å². The molecule has 1 N–H and O–H groups in total. The second-order valence-electron chi connectivity index (χ2n) is 7.62. The van der Waals surface area contributed by atoms with Crippen molar-refractivity contribution in [3.8, 4) is 0 Å². The molecule has 2 atom stereocenters. The fraction of sp³-hybridized carbons (Fsp3) is 0.292. The third-order valence-corrected chi connectivity index (χ3v) is 5.55. The molecular weight excluding hydrogens is 386 g/mol. The van der Waals surface area contributed by atoms with Crippen LogP contribution in [0.25, 0.3) is 10.8 Å². The van der Waals surface area contributed by atoms with E-state index in [2.05, 4.69) is 36.5 Å². The third kappa shape index (κ3) is 4.35. The molecule has 3 aromatic rings. The first-order chi connectivity index (χ1) is 14.5. The van der Waals surface area contributed by atoms with Crippen molar-refractivity contribution < 1.29 is 18.3 Å². The first-order valence-corrected chi connectivity index (χ1v) is 10.1. The van der Waals surface area contributed by atoms with Crippen molar-refractivity contribution in [3.05, 3.63) is 83.4 Å². The number of amides is 1. The molecule has 4 rings (SSSR count). The molecule has 1 aliphatic heterocycles. The molecule has 0 saturated carbocycles. The lowest BCUT2D eigenvalue weighted by Crippen LogP contribution is -2.49. The van der Waals surface area contributed by atoms with E-state index in [1.807, 2.05) is 18.2 Å². The molecule has 0 aliphatic carbocycles. The summed E-state index contributed by atoms with van der Waals surface area (Å²) in [6.07, 6.45) is -0.225. The molecule has 3 aromatic carbocycles. The van der Waals surface area contributed by atoms with Gasteiger partial charge in [0.2, 0.25) is 5.91 Å². The molecule has 1 amide bonds. The number of rotatable bonds is 6. The number of hydrogen-bond acceptors (Lipinski definition) is 3. The second kappa shape index (κ2) is 8.90. The number of nitrogens with zero attached hydrogens (tertiary/aromatic N) is 1. The molecule has 0 bridgehead atoms. The van der Waals surface area contributed by atoms with Gasteiger partial charge in [0, 0.05) is 31.2 Å². The number of fused-ring (bicyclic) bond motifs is 1. The van der Waals surface area contributed by atoms with Gasteiger partial charge in [-0.15, -0.1) is 0 Å². The Morgan fingerprint density at radius 3 is 2.73 bits per heavy atom. The van der Waals surface area contributed by atoms with Crippen molar-refractivity contribution in [1.29, 1.82) is 0 Å². The van der Waals surface area contributed by atoms with Gasteiger partial charge in [-0.1, -0.05) is 54.6 Å². The molecule has 4 nitrogen and oxygen atoms in total. The summed E-state index contributed by atoms with van der Waals surface area (Å²) < 4.78 is 33.1. The lowest BCUT2D eigenvalue weighted by Gasteiger charge is -2.33. The SMILES string of the molecule is C[C@@H](NCC1CN(Cc2cccc(F)c2F)C(=O)CO1)c1cccc2ccccc12. The molecule has 1 saturated heterocycles. The third-order valence-electron chi connectivity index (χ3n) is 5.55. The highest BCUT2D eigenvalue weighted by molar-refractivity contribution is 5.86. The first-order valence-electron chi connectivity index (χ1n) is 10.1. The average Bonchev–Trinajstić information content (AvgIpc) is 2.76. The van der Waals surface area contributed by atoms with E-state index in [9.17, 15) is 13.6 Å². The molecule has 1 unspecified atom stereocenters. The predicted molar refractivity (Wildman–Crippen MR) is 112 cm³/mol. The maximum Gasteiger partial charge on any atom is 0.248 e. The highest BCUT2D eigenvalue weighted by atomic mass is 19.2. The van der Waals surface area contributed by atoms with Crippen LogP contribution < -0.4 is 5.32 Å². The molecule has 1 aliphatic rings. The van der Waals surface area contributed by atoms with E-state index in [-0.39, 0.29) is 36.8 Å². The van der Waals surface area contributed by atoms with Crippen molar-refractivity contribution in [3.63, 3.8) is 0 Å². The molecule has 1 fully saturated rings. The summed E-state index contributed by atoms with van der Waals surface area (Å²) in [5, 5.41) is 5.87. The molecule has 156 valence electrons. The van der Waals surface area contributed by atoms with Crippen molar-refractivity contribution in [2.75, 3.05) is 19.7 Å². The van der Waals surface area contributed by atoms with Crippen LogP contribution in [0.4, 0.5) is 8.78 Å². The zero-order valence-corrected chi connectivity index (χ0v) is 16.8. The Kier molecular flexibility index (Phi) is 6.06. The van der Waals surface area contributed by atoms with E-state index < -0.39 is 11.6 Å². The van der Waals surface area contributed by atoms with Gasteiger partial charge in [-0.05, 0) is 29.3 Å². The van der Waals surface area contributed by atoms with Crippen molar-refractivity contribution in [2.45, 2.75) is 25.6 Å². The summed E-state index contributed by atoms with van der Waals surface area (Å²) >= 11 is 0. The quantitative estimate of drug-likeness (QED) is 0.662. The van der Waals surface area contributed by atoms with Gasteiger partial charge in [0.05, 0.1) is 6.10 Å². The van der Waals surface area contributed by atoms with Crippen LogP contribution in [0.1, 0.15) is 24.1 Å². The van der Waals surface area contributed by atoms with E-state index >= 15 is 0 Å². The fourth-order valence-corrected chi connectivity index (χ4v) is 3.88. The molecule has 30 heavy (non-hydrogen) atoms. The Morgan fingerprint density at radius 1 is 1.10 bits per heavy atom. The Bertz CT molecular complexity index is 1050. The summed E-state index contributed by atoms with van der Waals surface area (Å²) in [4.78, 5) is 13.7. The standard InChI is InChI=1S/C24H24F2N2O2/c1-16(20-10-4-7-17-6-2-3-9-21(17)20)27-12-19-14-28(23(29)15-30-19)13-18-8-5-11-22(25)24(18)26/h2-11,16,19,27H,12-15H2,1H3/t16-,19?/m1/s1. The van der Waals surface area contributed by atoms with Gasteiger partial charge in [-0.25, -0.2) is 8.78 Å². The van der Waals surface area contributed by atoms with Gasteiger partial charge in [-0.2, -0.15) is 0 Å². The number of nitrogens with one attached hydrogen (secondary N) is 1. The van der Waals surface area contributed by atoms with Gasteiger partial charge < -0.3 is 15.0 Å². The zero-order valence-electron chi connectivity index (χ0n) is 16.8. The lowest BCUT2D eigenvalue weighted by molar-refractivity contribution is -0.149. The van der Waals surface area contributed by atoms with Crippen LogP contribution in [-0.4, -0.2) is 36.6 Å². The highest BCUT2D eigenvalue weighted by Gasteiger charge is 2.27. The Balaban J connectivity index is 1.40. The minimum atomic E-state index is -0.907. The predicted octanol–water partition coefficient (Wildman–Crippen LogP) is 4.20. The minimum absolute atomic E-state index is 0.0289. The largest absolute Gasteiger partial charge is 0.365 e. The monoisotopic (exact) mass is 410 g/mol. The Morgan fingerprint density at radius 2 is 1.87 bits per heavy atom. The summed E-state index contributed by atoms with van der Waals surface area (Å²) in [6.45, 7) is 2.92. The Labute approximate surface area is 174 Å². The number of benzene rings is 3. The van der Waals surface area contributed by atoms with Crippen molar-refractivity contribution in [2.24, 2.45) is 0 Å². The normalized spacial score (nSPS) is 18.0. The van der Waals surface area contributed by atoms with Gasteiger partial charge >= 0.3 is 0 Å². The van der Waals surface area contributed by atoms with Gasteiger partial charge in [0.25, 0.3) is 0 Å². The van der Waals surface area contributed by atoms with E-state index in [0.29, 0.717) is 13.1 Å². The van der Waals surface area contributed by atoms with Crippen LogP contribution in [0.2, 0.25) is 0 Å². The minimum Gasteiger partial charge on any atom is -0.365 e. The molecule has 0 aromatic heterocycles. The highest BCUT2D eigenvalue weighted by Crippen LogP contribution is 2.24.